The minimum atomic E-state index is 0.502. The maximum absolute atomic E-state index is 3.58. The third kappa shape index (κ3) is 3.88. The van der Waals surface area contributed by atoms with Crippen molar-refractivity contribution in [2.75, 3.05) is 25.9 Å². The Morgan fingerprint density at radius 1 is 1.54 bits per heavy atom. The Bertz CT molecular complexity index is 144. The molecule has 1 heterocycles. The molecule has 2 unspecified atom stereocenters. The van der Waals surface area contributed by atoms with E-state index in [0.29, 0.717) is 10.8 Å². The molecule has 0 bridgehead atoms. The number of thioether (sulfide) groups is 1. The summed E-state index contributed by atoms with van der Waals surface area (Å²) in [5.41, 5.74) is 0. The Kier molecular flexibility index (Phi) is 4.56. The molecule has 1 aliphatic heterocycles. The second-order valence-corrected chi connectivity index (χ2v) is 5.92. The van der Waals surface area contributed by atoms with Crippen LogP contribution in [0.3, 0.4) is 0 Å². The molecule has 1 aliphatic rings. The molecule has 3 heteroatoms. The van der Waals surface area contributed by atoms with E-state index in [0.717, 1.165) is 13.1 Å². The summed E-state index contributed by atoms with van der Waals surface area (Å²) < 4.78 is 0.502. The van der Waals surface area contributed by atoms with Crippen molar-refractivity contribution in [2.45, 2.75) is 37.5 Å². The summed E-state index contributed by atoms with van der Waals surface area (Å²) in [7, 11) is 2.00. The maximum Gasteiger partial charge on any atom is 0.0256 e. The molecular weight excluding hydrogens is 180 g/mol. The molecule has 2 atom stereocenters. The molecule has 2 N–H and O–H groups in total. The molecular formula is C10H22N2S. The highest BCUT2D eigenvalue weighted by atomic mass is 32.2. The van der Waals surface area contributed by atoms with E-state index in [1.807, 2.05) is 7.05 Å². The molecule has 0 amide bonds. The van der Waals surface area contributed by atoms with Gasteiger partial charge in [0.25, 0.3) is 0 Å². The van der Waals surface area contributed by atoms with Gasteiger partial charge < -0.3 is 10.6 Å². The van der Waals surface area contributed by atoms with Crippen LogP contribution in [0.1, 0.15) is 26.7 Å². The fraction of sp³-hybridized carbons (Fsp3) is 1.00. The first-order valence-corrected chi connectivity index (χ1v) is 6.17. The molecule has 1 rings (SSSR count). The molecule has 0 aromatic heterocycles. The maximum atomic E-state index is 3.58. The van der Waals surface area contributed by atoms with Crippen molar-refractivity contribution in [2.24, 2.45) is 0 Å². The largest absolute Gasteiger partial charge is 0.318 e. The number of hydrogen-bond donors (Lipinski definition) is 2. The summed E-state index contributed by atoms with van der Waals surface area (Å²) in [4.78, 5) is 0. The Morgan fingerprint density at radius 3 is 2.85 bits per heavy atom. The summed E-state index contributed by atoms with van der Waals surface area (Å²) in [6.07, 6.45) is 2.76. The van der Waals surface area contributed by atoms with Gasteiger partial charge in [0.05, 0.1) is 0 Å². The molecule has 2 nitrogen and oxygen atoms in total. The number of hydrogen-bond acceptors (Lipinski definition) is 3. The quantitative estimate of drug-likeness (QED) is 0.706. The van der Waals surface area contributed by atoms with Gasteiger partial charge in [-0.3, -0.25) is 0 Å². The lowest BCUT2D eigenvalue weighted by atomic mass is 10.1. The number of rotatable bonds is 5. The number of likely N-dealkylation sites (N-methyl/N-ethyl adjacent to an activating group) is 1. The van der Waals surface area contributed by atoms with Crippen LogP contribution in [-0.2, 0) is 0 Å². The van der Waals surface area contributed by atoms with Gasteiger partial charge in [-0.05, 0) is 39.5 Å². The van der Waals surface area contributed by atoms with Gasteiger partial charge in [-0.1, -0.05) is 0 Å². The topological polar surface area (TPSA) is 24.1 Å². The smallest absolute Gasteiger partial charge is 0.0256 e. The molecule has 0 spiro atoms. The van der Waals surface area contributed by atoms with Crippen LogP contribution < -0.4 is 10.6 Å². The van der Waals surface area contributed by atoms with E-state index < -0.39 is 0 Å². The van der Waals surface area contributed by atoms with Gasteiger partial charge >= 0.3 is 0 Å². The van der Waals surface area contributed by atoms with Crippen molar-refractivity contribution in [1.29, 1.82) is 0 Å². The highest BCUT2D eigenvalue weighted by Crippen LogP contribution is 2.36. The highest BCUT2D eigenvalue weighted by Gasteiger charge is 2.29. The second-order valence-electron chi connectivity index (χ2n) is 4.24. The van der Waals surface area contributed by atoms with Crippen molar-refractivity contribution in [3.05, 3.63) is 0 Å². The van der Waals surface area contributed by atoms with E-state index in [4.69, 9.17) is 0 Å². The van der Waals surface area contributed by atoms with Crippen molar-refractivity contribution in [3.63, 3.8) is 0 Å². The zero-order valence-corrected chi connectivity index (χ0v) is 9.84. The molecule has 1 fully saturated rings. The Hall–Kier alpha value is 0.270. The van der Waals surface area contributed by atoms with E-state index in [1.54, 1.807) is 0 Å². The zero-order valence-electron chi connectivity index (χ0n) is 9.02. The Labute approximate surface area is 86.2 Å². The summed E-state index contributed by atoms with van der Waals surface area (Å²) in [6, 6.07) is 0.586. The van der Waals surface area contributed by atoms with Gasteiger partial charge in [0, 0.05) is 23.9 Å². The van der Waals surface area contributed by atoms with Crippen LogP contribution in [-0.4, -0.2) is 36.7 Å². The summed E-state index contributed by atoms with van der Waals surface area (Å²) in [5.74, 6) is 1.35. The molecule has 0 saturated carbocycles. The predicted molar refractivity (Wildman–Crippen MR) is 61.5 cm³/mol. The summed E-state index contributed by atoms with van der Waals surface area (Å²) in [5, 5.41) is 6.77. The molecule has 13 heavy (non-hydrogen) atoms. The predicted octanol–water partition coefficient (Wildman–Crippen LogP) is 1.47. The van der Waals surface area contributed by atoms with Crippen LogP contribution in [0.15, 0.2) is 0 Å². The Balaban J connectivity index is 2.17. The molecule has 0 aliphatic carbocycles. The lowest BCUT2D eigenvalue weighted by Crippen LogP contribution is -2.42. The van der Waals surface area contributed by atoms with Gasteiger partial charge in [-0.25, -0.2) is 0 Å². The van der Waals surface area contributed by atoms with Crippen molar-refractivity contribution < 1.29 is 0 Å². The monoisotopic (exact) mass is 202 g/mol. The van der Waals surface area contributed by atoms with Gasteiger partial charge in [0.2, 0.25) is 0 Å². The zero-order chi connectivity index (χ0) is 9.73. The minimum absolute atomic E-state index is 0.502. The average Bonchev–Trinajstić information content (AvgIpc) is 2.51. The molecule has 0 radical (unpaired) electrons. The lowest BCUT2D eigenvalue weighted by molar-refractivity contribution is 0.468. The fourth-order valence-corrected chi connectivity index (χ4v) is 3.00. The van der Waals surface area contributed by atoms with Crippen LogP contribution in [0.25, 0.3) is 0 Å². The molecule has 0 aromatic rings. The van der Waals surface area contributed by atoms with Gasteiger partial charge in [-0.15, -0.1) is 0 Å². The van der Waals surface area contributed by atoms with E-state index in [-0.39, 0.29) is 0 Å². The van der Waals surface area contributed by atoms with Crippen LogP contribution in [0.4, 0.5) is 0 Å². The molecule has 0 aromatic carbocycles. The van der Waals surface area contributed by atoms with Crippen LogP contribution in [0, 0.1) is 0 Å². The van der Waals surface area contributed by atoms with Crippen LogP contribution in [0.5, 0.6) is 0 Å². The van der Waals surface area contributed by atoms with Gasteiger partial charge in [-0.2, -0.15) is 11.8 Å². The summed E-state index contributed by atoms with van der Waals surface area (Å²) in [6.45, 7) is 6.82. The first-order valence-electron chi connectivity index (χ1n) is 5.18. The van der Waals surface area contributed by atoms with Crippen molar-refractivity contribution >= 4 is 11.8 Å². The standard InChI is InChI=1S/C10H22N2S/c1-9(7-11-3)12-8-10(2)5-4-6-13-10/h9,11-12H,4-8H2,1-3H3. The third-order valence-electron chi connectivity index (χ3n) is 2.64. The Morgan fingerprint density at radius 2 is 2.31 bits per heavy atom. The number of nitrogens with one attached hydrogen (secondary N) is 2. The summed E-state index contributed by atoms with van der Waals surface area (Å²) >= 11 is 2.12. The molecule has 1 saturated heterocycles. The fourth-order valence-electron chi connectivity index (χ4n) is 1.74. The second kappa shape index (κ2) is 5.23. The minimum Gasteiger partial charge on any atom is -0.318 e. The highest BCUT2D eigenvalue weighted by molar-refractivity contribution is 8.00. The first-order chi connectivity index (χ1) is 6.16. The first kappa shape index (κ1) is 11.3. The van der Waals surface area contributed by atoms with Crippen molar-refractivity contribution in [1.82, 2.24) is 10.6 Å². The van der Waals surface area contributed by atoms with E-state index in [9.17, 15) is 0 Å². The van der Waals surface area contributed by atoms with Gasteiger partial charge in [0.15, 0.2) is 0 Å². The van der Waals surface area contributed by atoms with Crippen LogP contribution in [0.2, 0.25) is 0 Å². The van der Waals surface area contributed by atoms with E-state index in [1.165, 1.54) is 18.6 Å². The van der Waals surface area contributed by atoms with Crippen LogP contribution >= 0.6 is 11.8 Å². The van der Waals surface area contributed by atoms with E-state index >= 15 is 0 Å². The third-order valence-corrected chi connectivity index (χ3v) is 4.17. The molecule has 78 valence electrons. The SMILES string of the molecule is CNCC(C)NCC1(C)CCCS1. The van der Waals surface area contributed by atoms with Gasteiger partial charge in [0.1, 0.15) is 0 Å². The lowest BCUT2D eigenvalue weighted by Gasteiger charge is -2.25. The normalized spacial score (nSPS) is 30.7. The average molecular weight is 202 g/mol. The van der Waals surface area contributed by atoms with E-state index in [2.05, 4.69) is 36.2 Å². The van der Waals surface area contributed by atoms with Crippen molar-refractivity contribution in [3.8, 4) is 0 Å².